The van der Waals surface area contributed by atoms with Gasteiger partial charge in [0.1, 0.15) is 12.1 Å². The van der Waals surface area contributed by atoms with Crippen molar-refractivity contribution in [3.05, 3.63) is 60.2 Å². The van der Waals surface area contributed by atoms with Gasteiger partial charge >= 0.3 is 0 Å². The van der Waals surface area contributed by atoms with Crippen LogP contribution in [0.1, 0.15) is 19.3 Å². The summed E-state index contributed by atoms with van der Waals surface area (Å²) in [5.74, 6) is -1.31. The highest BCUT2D eigenvalue weighted by atomic mass is 19.2. The number of benzene rings is 2. The van der Waals surface area contributed by atoms with Crippen molar-refractivity contribution < 1.29 is 18.0 Å². The number of carbonyl (C=O) groups is 1. The Balaban J connectivity index is 1.34. The number of likely N-dealkylation sites (tertiary alicyclic amines) is 1. The molecule has 1 aromatic heterocycles. The Labute approximate surface area is 177 Å². The smallest absolute Gasteiger partial charge is 0.225 e. The number of rotatable bonds is 5. The van der Waals surface area contributed by atoms with E-state index in [9.17, 15) is 18.0 Å². The third-order valence-electron chi connectivity index (χ3n) is 6.06. The second-order valence-corrected chi connectivity index (χ2v) is 8.34. The Morgan fingerprint density at radius 2 is 1.71 bits per heavy atom. The van der Waals surface area contributed by atoms with Gasteiger partial charge in [-0.3, -0.25) is 4.79 Å². The van der Waals surface area contributed by atoms with Crippen LogP contribution in [-0.4, -0.2) is 38.7 Å². The summed E-state index contributed by atoms with van der Waals surface area (Å²) < 4.78 is 43.4. The monoisotopic (exact) mass is 426 g/mol. The van der Waals surface area contributed by atoms with Crippen molar-refractivity contribution >= 4 is 5.91 Å². The van der Waals surface area contributed by atoms with E-state index in [1.165, 1.54) is 12.1 Å². The fraction of sp³-hybridized carbons (Fsp3) is 0.348. The van der Waals surface area contributed by atoms with E-state index in [1.807, 2.05) is 9.47 Å². The molecule has 1 atom stereocenters. The number of hydrogen-bond acceptors (Lipinski definition) is 3. The summed E-state index contributed by atoms with van der Waals surface area (Å²) in [4.78, 5) is 14.2. The number of aromatic nitrogens is 3. The van der Waals surface area contributed by atoms with Crippen molar-refractivity contribution in [3.8, 4) is 22.5 Å². The second-order valence-electron chi connectivity index (χ2n) is 8.34. The van der Waals surface area contributed by atoms with E-state index in [-0.39, 0.29) is 23.3 Å². The van der Waals surface area contributed by atoms with Crippen molar-refractivity contribution in [3.63, 3.8) is 0 Å². The van der Waals surface area contributed by atoms with Gasteiger partial charge in [0.05, 0.1) is 5.56 Å². The van der Waals surface area contributed by atoms with Crippen LogP contribution in [0.15, 0.2) is 42.7 Å². The minimum absolute atomic E-state index is 0.214. The van der Waals surface area contributed by atoms with Gasteiger partial charge in [-0.15, -0.1) is 10.2 Å². The molecule has 0 N–H and O–H groups in total. The third-order valence-corrected chi connectivity index (χ3v) is 6.06. The zero-order chi connectivity index (χ0) is 21.5. The van der Waals surface area contributed by atoms with Crippen LogP contribution >= 0.6 is 0 Å². The predicted molar refractivity (Wildman–Crippen MR) is 108 cm³/mol. The fourth-order valence-electron chi connectivity index (χ4n) is 4.20. The predicted octanol–water partition coefficient (Wildman–Crippen LogP) is 4.29. The lowest BCUT2D eigenvalue weighted by Gasteiger charge is -2.17. The summed E-state index contributed by atoms with van der Waals surface area (Å²) in [6.07, 6.45) is 4.46. The highest BCUT2D eigenvalue weighted by Gasteiger charge is 2.36. The molecule has 160 valence electrons. The molecule has 0 radical (unpaired) electrons. The lowest BCUT2D eigenvalue weighted by molar-refractivity contribution is -0.131. The van der Waals surface area contributed by atoms with Crippen LogP contribution in [0, 0.1) is 29.3 Å². The van der Waals surface area contributed by atoms with E-state index in [2.05, 4.69) is 10.2 Å². The van der Waals surface area contributed by atoms with Crippen LogP contribution in [0.2, 0.25) is 0 Å². The molecular formula is C23H21F3N4O. The van der Waals surface area contributed by atoms with E-state index in [0.29, 0.717) is 30.0 Å². The lowest BCUT2D eigenvalue weighted by Crippen LogP contribution is -2.30. The average Bonchev–Trinajstić information content (AvgIpc) is 3.34. The highest BCUT2D eigenvalue weighted by molar-refractivity contribution is 5.81. The largest absolute Gasteiger partial charge is 0.342 e. The summed E-state index contributed by atoms with van der Waals surface area (Å²) in [5.41, 5.74) is 1.11. The Bertz CT molecular complexity index is 1140. The van der Waals surface area contributed by atoms with Gasteiger partial charge in [0.15, 0.2) is 17.5 Å². The fourth-order valence-corrected chi connectivity index (χ4v) is 4.20. The first kappa shape index (κ1) is 19.8. The summed E-state index contributed by atoms with van der Waals surface area (Å²) in [7, 11) is 0. The van der Waals surface area contributed by atoms with Crippen molar-refractivity contribution in [2.75, 3.05) is 13.1 Å². The molecule has 1 aliphatic heterocycles. The van der Waals surface area contributed by atoms with Gasteiger partial charge < -0.3 is 9.47 Å². The number of halogens is 3. The zero-order valence-corrected chi connectivity index (χ0v) is 16.8. The minimum atomic E-state index is -0.979. The van der Waals surface area contributed by atoms with Crippen LogP contribution in [0.3, 0.4) is 0 Å². The van der Waals surface area contributed by atoms with Crippen LogP contribution in [0.25, 0.3) is 22.5 Å². The molecule has 1 amide bonds. The maximum absolute atomic E-state index is 14.9. The second kappa shape index (κ2) is 7.83. The van der Waals surface area contributed by atoms with Crippen molar-refractivity contribution in [2.45, 2.75) is 25.8 Å². The maximum atomic E-state index is 14.9. The topological polar surface area (TPSA) is 51.0 Å². The molecule has 1 saturated carbocycles. The van der Waals surface area contributed by atoms with Gasteiger partial charge in [-0.1, -0.05) is 12.1 Å². The molecule has 1 unspecified atom stereocenters. The summed E-state index contributed by atoms with van der Waals surface area (Å²) in [5, 5.41) is 8.04. The molecule has 2 heterocycles. The first-order valence-electron chi connectivity index (χ1n) is 10.4. The number of amides is 1. The molecule has 0 bridgehead atoms. The third kappa shape index (κ3) is 3.94. The van der Waals surface area contributed by atoms with Gasteiger partial charge in [0, 0.05) is 25.6 Å². The highest BCUT2D eigenvalue weighted by Crippen LogP contribution is 2.33. The number of hydrogen-bond donors (Lipinski definition) is 0. The molecule has 1 saturated heterocycles. The quantitative estimate of drug-likeness (QED) is 0.612. The minimum Gasteiger partial charge on any atom is -0.342 e. The Hall–Kier alpha value is -3.16. The standard InChI is InChI=1S/C23H21F3N4O/c24-19-6-4-17(10-21(19)26)16-3-5-18(20(25)9-16)22-28-27-13-30(22)12-14-7-8-29(11-14)23(31)15-1-2-15/h3-6,9-10,13-15H,1-2,7-8,11-12H2. The van der Waals surface area contributed by atoms with Gasteiger partial charge in [-0.25, -0.2) is 13.2 Å². The molecule has 5 rings (SSSR count). The summed E-state index contributed by atoms with van der Waals surface area (Å²) in [6, 6.07) is 7.98. The Morgan fingerprint density at radius 3 is 2.42 bits per heavy atom. The zero-order valence-electron chi connectivity index (χ0n) is 16.8. The van der Waals surface area contributed by atoms with Crippen LogP contribution < -0.4 is 0 Å². The van der Waals surface area contributed by atoms with Crippen LogP contribution in [0.5, 0.6) is 0 Å². The molecule has 2 aromatic carbocycles. The van der Waals surface area contributed by atoms with E-state index >= 15 is 0 Å². The van der Waals surface area contributed by atoms with Gasteiger partial charge in [-0.05, 0) is 60.6 Å². The van der Waals surface area contributed by atoms with Gasteiger partial charge in [0.25, 0.3) is 0 Å². The maximum Gasteiger partial charge on any atom is 0.225 e. The summed E-state index contributed by atoms with van der Waals surface area (Å²) in [6.45, 7) is 2.06. The Kier molecular flexibility index (Phi) is 5.00. The molecule has 2 aliphatic rings. The molecule has 2 fully saturated rings. The molecular weight excluding hydrogens is 405 g/mol. The number of nitrogens with zero attached hydrogens (tertiary/aromatic N) is 4. The molecule has 3 aromatic rings. The summed E-state index contributed by atoms with van der Waals surface area (Å²) >= 11 is 0. The molecule has 0 spiro atoms. The van der Waals surface area contributed by atoms with E-state index < -0.39 is 17.5 Å². The van der Waals surface area contributed by atoms with Crippen molar-refractivity contribution in [1.29, 1.82) is 0 Å². The van der Waals surface area contributed by atoms with E-state index in [0.717, 1.165) is 37.9 Å². The number of carbonyl (C=O) groups excluding carboxylic acids is 1. The lowest BCUT2D eigenvalue weighted by atomic mass is 10.0. The van der Waals surface area contributed by atoms with Crippen molar-refractivity contribution in [2.24, 2.45) is 11.8 Å². The molecule has 5 nitrogen and oxygen atoms in total. The Morgan fingerprint density at radius 1 is 0.968 bits per heavy atom. The average molecular weight is 426 g/mol. The van der Waals surface area contributed by atoms with Crippen LogP contribution in [-0.2, 0) is 11.3 Å². The van der Waals surface area contributed by atoms with Gasteiger partial charge in [-0.2, -0.15) is 0 Å². The van der Waals surface area contributed by atoms with Gasteiger partial charge in [0.2, 0.25) is 5.91 Å². The van der Waals surface area contributed by atoms with Crippen LogP contribution in [0.4, 0.5) is 13.2 Å². The first-order chi connectivity index (χ1) is 15.0. The van der Waals surface area contributed by atoms with E-state index in [1.54, 1.807) is 18.5 Å². The molecule has 31 heavy (non-hydrogen) atoms. The molecule has 1 aliphatic carbocycles. The van der Waals surface area contributed by atoms with Crippen molar-refractivity contribution in [1.82, 2.24) is 19.7 Å². The first-order valence-corrected chi connectivity index (χ1v) is 10.4. The SMILES string of the molecule is O=C(C1CC1)N1CCC(Cn2cnnc2-c2ccc(-c3ccc(F)c(F)c3)cc2F)C1. The molecule has 8 heteroatoms. The normalized spacial score (nSPS) is 18.5. The van der Waals surface area contributed by atoms with E-state index in [4.69, 9.17) is 0 Å².